The Morgan fingerprint density at radius 2 is 1.88 bits per heavy atom. The lowest BCUT2D eigenvalue weighted by Gasteiger charge is -2.44. The number of aliphatic hydroxyl groups is 4. The molecule has 0 aromatic heterocycles. The second-order valence-electron chi connectivity index (χ2n) is 10.1. The number of carbonyl (C=O) groups is 2. The average molecular weight is 566 g/mol. The highest BCUT2D eigenvalue weighted by molar-refractivity contribution is 5.89. The molecule has 220 valence electrons. The van der Waals surface area contributed by atoms with E-state index in [1.165, 1.54) is 26.2 Å². The molecule has 1 aromatic rings. The van der Waals surface area contributed by atoms with Gasteiger partial charge in [0.1, 0.15) is 24.4 Å². The minimum atomic E-state index is -1.69. The highest BCUT2D eigenvalue weighted by atomic mass is 16.8. The van der Waals surface area contributed by atoms with Crippen LogP contribution in [0, 0.1) is 11.8 Å². The van der Waals surface area contributed by atoms with E-state index in [1.54, 1.807) is 11.0 Å². The topological polar surface area (TPSA) is 196 Å². The molecular weight excluding hydrogens is 530 g/mol. The van der Waals surface area contributed by atoms with E-state index in [4.69, 9.17) is 18.9 Å². The first-order chi connectivity index (χ1) is 19.0. The second kappa shape index (κ2) is 12.1. The molecule has 1 amide bonds. The lowest BCUT2D eigenvalue weighted by molar-refractivity contribution is -0.339. The van der Waals surface area contributed by atoms with Crippen LogP contribution in [0.25, 0.3) is 0 Å². The van der Waals surface area contributed by atoms with E-state index in [0.717, 1.165) is 6.26 Å². The zero-order valence-corrected chi connectivity index (χ0v) is 22.1. The summed E-state index contributed by atoms with van der Waals surface area (Å²) >= 11 is 0. The minimum absolute atomic E-state index is 0.135. The number of aliphatic hydroxyl groups excluding tert-OH is 4. The number of rotatable bonds is 7. The molecule has 6 N–H and O–H groups in total. The molecule has 3 aliphatic rings. The lowest BCUT2D eigenvalue weighted by atomic mass is 9.77. The maximum Gasteiger partial charge on any atom is 0.337 e. The molecule has 1 aromatic carbocycles. The van der Waals surface area contributed by atoms with Gasteiger partial charge < -0.3 is 54.5 Å². The Balaban J connectivity index is 1.64. The van der Waals surface area contributed by atoms with Crippen LogP contribution in [0.3, 0.4) is 0 Å². The Kier molecular flexibility index (Phi) is 9.02. The molecule has 0 saturated carbocycles. The van der Waals surface area contributed by atoms with Gasteiger partial charge in [-0.05, 0) is 24.5 Å². The molecule has 0 spiro atoms. The molecule has 9 unspecified atom stereocenters. The van der Waals surface area contributed by atoms with Crippen molar-refractivity contribution in [2.45, 2.75) is 69.3 Å². The van der Waals surface area contributed by atoms with Crippen LogP contribution in [-0.4, -0.2) is 104 Å². The van der Waals surface area contributed by atoms with Gasteiger partial charge in [0, 0.05) is 36.9 Å². The van der Waals surface area contributed by atoms with Gasteiger partial charge in [0.25, 0.3) is 0 Å². The summed E-state index contributed by atoms with van der Waals surface area (Å²) in [6.07, 6.45) is -5.86. The SMILES string of the molecule is C=CC1C(OC2OC(CO)C(O)C(O)C2O)OC=C(C(=O)OC)C1CC1Cc2c(ccc(O)c2O)CN1C(C)=O. The van der Waals surface area contributed by atoms with Gasteiger partial charge in [0.15, 0.2) is 17.8 Å². The third-order valence-corrected chi connectivity index (χ3v) is 7.83. The van der Waals surface area contributed by atoms with Crippen LogP contribution in [0.5, 0.6) is 11.5 Å². The quantitative estimate of drug-likeness (QED) is 0.140. The Morgan fingerprint density at radius 1 is 1.15 bits per heavy atom. The number of amides is 1. The predicted octanol–water partition coefficient (Wildman–Crippen LogP) is -0.591. The average Bonchev–Trinajstić information content (AvgIpc) is 2.94. The van der Waals surface area contributed by atoms with Crippen molar-refractivity contribution in [3.05, 3.63) is 47.7 Å². The zero-order valence-electron chi connectivity index (χ0n) is 22.1. The summed E-state index contributed by atoms with van der Waals surface area (Å²) < 4.78 is 21.9. The number of nitrogens with zero attached hydrogens (tertiary/aromatic N) is 1. The molecule has 13 heteroatoms. The summed E-state index contributed by atoms with van der Waals surface area (Å²) in [6.45, 7) is 4.79. The Bertz CT molecular complexity index is 1150. The number of methoxy groups -OCH3 is 1. The van der Waals surface area contributed by atoms with Gasteiger partial charge in [-0.1, -0.05) is 12.1 Å². The first-order valence-electron chi connectivity index (χ1n) is 12.8. The van der Waals surface area contributed by atoms with E-state index in [2.05, 4.69) is 6.58 Å². The fraction of sp³-hybridized carbons (Fsp3) is 0.556. The number of ether oxygens (including phenoxy) is 4. The van der Waals surface area contributed by atoms with Gasteiger partial charge in [-0.2, -0.15) is 0 Å². The summed E-state index contributed by atoms with van der Waals surface area (Å²) in [5.41, 5.74) is 1.31. The molecule has 9 atom stereocenters. The molecule has 0 radical (unpaired) electrons. The molecule has 3 aliphatic heterocycles. The van der Waals surface area contributed by atoms with E-state index < -0.39 is 67.4 Å². The Hall–Kier alpha value is -3.20. The summed E-state index contributed by atoms with van der Waals surface area (Å²) in [7, 11) is 1.21. The van der Waals surface area contributed by atoms with Crippen molar-refractivity contribution in [2.75, 3.05) is 13.7 Å². The number of hydrogen-bond acceptors (Lipinski definition) is 12. The largest absolute Gasteiger partial charge is 0.504 e. The summed E-state index contributed by atoms with van der Waals surface area (Å²) in [5, 5.41) is 60.7. The summed E-state index contributed by atoms with van der Waals surface area (Å²) in [6, 6.07) is 2.48. The molecule has 1 fully saturated rings. The first kappa shape index (κ1) is 29.8. The number of carbonyl (C=O) groups excluding carboxylic acids is 2. The van der Waals surface area contributed by atoms with Crippen LogP contribution in [0.15, 0.2) is 36.6 Å². The van der Waals surface area contributed by atoms with Crippen LogP contribution < -0.4 is 0 Å². The van der Waals surface area contributed by atoms with Crippen LogP contribution in [-0.2, 0) is 41.5 Å². The molecule has 1 saturated heterocycles. The van der Waals surface area contributed by atoms with E-state index >= 15 is 0 Å². The van der Waals surface area contributed by atoms with Gasteiger partial charge in [0.2, 0.25) is 12.2 Å². The highest BCUT2D eigenvalue weighted by Crippen LogP contribution is 2.42. The Morgan fingerprint density at radius 3 is 2.50 bits per heavy atom. The number of fused-ring (bicyclic) bond motifs is 1. The highest BCUT2D eigenvalue weighted by Gasteiger charge is 2.48. The molecule has 0 aliphatic carbocycles. The molecule has 3 heterocycles. The number of phenols is 2. The zero-order chi connectivity index (χ0) is 29.3. The van der Waals surface area contributed by atoms with E-state index in [1.807, 2.05) is 0 Å². The monoisotopic (exact) mass is 565 g/mol. The van der Waals surface area contributed by atoms with Crippen molar-refractivity contribution in [1.82, 2.24) is 4.90 Å². The Labute approximate surface area is 230 Å². The fourth-order valence-electron chi connectivity index (χ4n) is 5.60. The maximum atomic E-state index is 12.8. The summed E-state index contributed by atoms with van der Waals surface area (Å²) in [5.74, 6) is -2.93. The number of benzene rings is 1. The van der Waals surface area contributed by atoms with Crippen molar-refractivity contribution in [2.24, 2.45) is 11.8 Å². The van der Waals surface area contributed by atoms with Crippen LogP contribution in [0.1, 0.15) is 24.5 Å². The molecule has 0 bridgehead atoms. The van der Waals surface area contributed by atoms with Gasteiger partial charge in [-0.25, -0.2) is 4.79 Å². The van der Waals surface area contributed by atoms with E-state index in [-0.39, 0.29) is 42.4 Å². The van der Waals surface area contributed by atoms with E-state index in [0.29, 0.717) is 11.1 Å². The number of aromatic hydroxyl groups is 2. The lowest BCUT2D eigenvalue weighted by Crippen LogP contribution is -2.60. The third kappa shape index (κ3) is 5.53. The molecule has 13 nitrogen and oxygen atoms in total. The number of esters is 1. The maximum absolute atomic E-state index is 12.8. The molecule has 4 rings (SSSR count). The van der Waals surface area contributed by atoms with Gasteiger partial charge >= 0.3 is 5.97 Å². The number of phenolic OH excluding ortho intramolecular Hbond substituents is 2. The van der Waals surface area contributed by atoms with E-state index in [9.17, 15) is 40.2 Å². The molecular formula is C27H35NO12. The van der Waals surface area contributed by atoms with Crippen LogP contribution in [0.2, 0.25) is 0 Å². The van der Waals surface area contributed by atoms with Crippen molar-refractivity contribution >= 4 is 11.9 Å². The smallest absolute Gasteiger partial charge is 0.337 e. The van der Waals surface area contributed by atoms with Crippen LogP contribution in [0.4, 0.5) is 0 Å². The van der Waals surface area contributed by atoms with Crippen molar-refractivity contribution in [1.29, 1.82) is 0 Å². The fourth-order valence-corrected chi connectivity index (χ4v) is 5.60. The summed E-state index contributed by atoms with van der Waals surface area (Å²) in [4.78, 5) is 27.0. The normalized spacial score (nSPS) is 33.8. The van der Waals surface area contributed by atoms with Crippen molar-refractivity contribution in [3.8, 4) is 11.5 Å². The van der Waals surface area contributed by atoms with Crippen molar-refractivity contribution in [3.63, 3.8) is 0 Å². The van der Waals surface area contributed by atoms with Crippen molar-refractivity contribution < 1.29 is 59.2 Å². The first-order valence-corrected chi connectivity index (χ1v) is 12.8. The predicted molar refractivity (Wildman–Crippen MR) is 135 cm³/mol. The van der Waals surface area contributed by atoms with Gasteiger partial charge in [-0.3, -0.25) is 4.79 Å². The number of hydrogen-bond donors (Lipinski definition) is 6. The minimum Gasteiger partial charge on any atom is -0.504 e. The second-order valence-corrected chi connectivity index (χ2v) is 10.1. The van der Waals surface area contributed by atoms with Gasteiger partial charge in [0.05, 0.1) is 25.6 Å². The van der Waals surface area contributed by atoms with Crippen LogP contribution >= 0.6 is 0 Å². The molecule has 40 heavy (non-hydrogen) atoms. The standard InChI is InChI=1S/C27H35NO12/c1-4-15-17(8-14-7-16-13(9-28(14)12(2)30)5-6-19(31)21(16)32)18(25(36)37-3)11-38-26(15)40-27-24(35)23(34)22(33)20(10-29)39-27/h4-6,11,14-15,17,20,22-24,26-27,29,31-35H,1,7-10H2,2-3H3. The third-order valence-electron chi connectivity index (χ3n) is 7.83. The van der Waals surface area contributed by atoms with Gasteiger partial charge in [-0.15, -0.1) is 6.58 Å².